The average molecular weight is 320 g/mol. The van der Waals surface area contributed by atoms with Crippen molar-refractivity contribution in [1.29, 1.82) is 0 Å². The van der Waals surface area contributed by atoms with E-state index >= 15 is 0 Å². The minimum atomic E-state index is -0.321. The van der Waals surface area contributed by atoms with Crippen molar-refractivity contribution in [2.24, 2.45) is 0 Å². The molecule has 0 bridgehead atoms. The van der Waals surface area contributed by atoms with Gasteiger partial charge in [-0.25, -0.2) is 14.1 Å². The lowest BCUT2D eigenvalue weighted by Gasteiger charge is -2.26. The summed E-state index contributed by atoms with van der Waals surface area (Å²) in [5, 5.41) is 5.96. The van der Waals surface area contributed by atoms with Crippen LogP contribution in [0.2, 0.25) is 0 Å². The van der Waals surface area contributed by atoms with Gasteiger partial charge in [0.25, 0.3) is 5.91 Å². The van der Waals surface area contributed by atoms with Crippen molar-refractivity contribution in [2.75, 3.05) is 26.3 Å². The summed E-state index contributed by atoms with van der Waals surface area (Å²) >= 11 is 0. The highest BCUT2D eigenvalue weighted by atomic mass is 19.1. The fraction of sp³-hybridized carbons (Fsp3) is 0.333. The number of carbonyl (C=O) groups excluding carboxylic acids is 1. The van der Waals surface area contributed by atoms with Crippen LogP contribution in [-0.4, -0.2) is 47.0 Å². The van der Waals surface area contributed by atoms with Crippen LogP contribution in [0.5, 0.6) is 5.75 Å². The van der Waals surface area contributed by atoms with Crippen molar-refractivity contribution in [3.63, 3.8) is 0 Å². The van der Waals surface area contributed by atoms with Crippen molar-refractivity contribution in [3.05, 3.63) is 48.0 Å². The van der Waals surface area contributed by atoms with Gasteiger partial charge in [0.15, 0.2) is 12.4 Å². The number of hydrazine groups is 1. The van der Waals surface area contributed by atoms with Crippen LogP contribution in [0.15, 0.2) is 36.5 Å². The van der Waals surface area contributed by atoms with Crippen molar-refractivity contribution < 1.29 is 18.7 Å². The maximum absolute atomic E-state index is 12.8. The molecule has 3 rings (SSSR count). The van der Waals surface area contributed by atoms with E-state index in [0.717, 1.165) is 0 Å². The largest absolute Gasteiger partial charge is 0.471 e. The topological polar surface area (TPSA) is 68.6 Å². The Labute approximate surface area is 132 Å². The summed E-state index contributed by atoms with van der Waals surface area (Å²) in [4.78, 5) is 12.1. The minimum absolute atomic E-state index is 0.135. The van der Waals surface area contributed by atoms with E-state index in [1.165, 1.54) is 28.9 Å². The molecule has 2 heterocycles. The molecule has 23 heavy (non-hydrogen) atoms. The van der Waals surface area contributed by atoms with Gasteiger partial charge in [-0.2, -0.15) is 5.10 Å². The SMILES string of the molecule is O=C(NN1CCOCC1)c1ccn(COc2ccc(F)cc2)n1. The zero-order valence-electron chi connectivity index (χ0n) is 12.4. The molecule has 0 radical (unpaired) electrons. The first-order valence-electron chi connectivity index (χ1n) is 7.26. The molecular weight excluding hydrogens is 303 g/mol. The molecule has 0 saturated carbocycles. The summed E-state index contributed by atoms with van der Waals surface area (Å²) in [6.45, 7) is 2.64. The van der Waals surface area contributed by atoms with E-state index in [0.29, 0.717) is 37.7 Å². The maximum Gasteiger partial charge on any atom is 0.286 e. The van der Waals surface area contributed by atoms with Gasteiger partial charge < -0.3 is 9.47 Å². The number of morpholine rings is 1. The lowest BCUT2D eigenvalue weighted by molar-refractivity contribution is 0.0124. The van der Waals surface area contributed by atoms with Crippen LogP contribution in [0.4, 0.5) is 4.39 Å². The molecule has 1 saturated heterocycles. The molecule has 8 heteroatoms. The van der Waals surface area contributed by atoms with Crippen LogP contribution in [-0.2, 0) is 11.5 Å². The standard InChI is InChI=1S/C15H17FN4O3/c16-12-1-3-13(4-2-12)23-11-20-6-5-14(17-20)15(21)18-19-7-9-22-10-8-19/h1-6H,7-11H2,(H,18,21). The molecule has 0 spiro atoms. The van der Waals surface area contributed by atoms with Gasteiger partial charge in [-0.1, -0.05) is 0 Å². The lowest BCUT2D eigenvalue weighted by atomic mass is 10.3. The summed E-state index contributed by atoms with van der Waals surface area (Å²) in [6, 6.07) is 7.32. The highest BCUT2D eigenvalue weighted by Crippen LogP contribution is 2.11. The lowest BCUT2D eigenvalue weighted by Crippen LogP contribution is -2.48. The second kappa shape index (κ2) is 7.21. The third kappa shape index (κ3) is 4.27. The molecule has 1 aromatic carbocycles. The van der Waals surface area contributed by atoms with Gasteiger partial charge in [0.2, 0.25) is 0 Å². The number of nitrogens with zero attached hydrogens (tertiary/aromatic N) is 3. The number of hydrogen-bond donors (Lipinski definition) is 1. The Morgan fingerprint density at radius 3 is 2.74 bits per heavy atom. The number of ether oxygens (including phenoxy) is 2. The number of carbonyl (C=O) groups is 1. The second-order valence-corrected chi connectivity index (χ2v) is 5.01. The normalized spacial score (nSPS) is 15.3. The van der Waals surface area contributed by atoms with E-state index in [2.05, 4.69) is 10.5 Å². The van der Waals surface area contributed by atoms with Crippen LogP contribution in [0.3, 0.4) is 0 Å². The molecule has 1 aliphatic heterocycles. The highest BCUT2D eigenvalue weighted by Gasteiger charge is 2.16. The number of rotatable bonds is 5. The monoisotopic (exact) mass is 320 g/mol. The average Bonchev–Trinajstić information content (AvgIpc) is 3.04. The predicted octanol–water partition coefficient (Wildman–Crippen LogP) is 1.04. The van der Waals surface area contributed by atoms with Crippen molar-refractivity contribution >= 4 is 5.91 Å². The Morgan fingerprint density at radius 1 is 1.26 bits per heavy atom. The fourth-order valence-electron chi connectivity index (χ4n) is 2.10. The van der Waals surface area contributed by atoms with E-state index in [4.69, 9.17) is 9.47 Å². The molecule has 0 unspecified atom stereocenters. The number of nitrogens with one attached hydrogen (secondary N) is 1. The molecule has 1 aliphatic rings. The first-order chi connectivity index (χ1) is 11.2. The molecule has 1 amide bonds. The van der Waals surface area contributed by atoms with Gasteiger partial charge in [-0.05, 0) is 30.3 Å². The Morgan fingerprint density at radius 2 is 2.00 bits per heavy atom. The molecular formula is C15H17FN4O3. The summed E-state index contributed by atoms with van der Waals surface area (Å²) in [5.74, 6) is -0.0628. The van der Waals surface area contributed by atoms with Gasteiger partial charge in [-0.15, -0.1) is 0 Å². The Kier molecular flexibility index (Phi) is 4.84. The quantitative estimate of drug-likeness (QED) is 0.891. The number of hydrogen-bond acceptors (Lipinski definition) is 5. The minimum Gasteiger partial charge on any atom is -0.471 e. The van der Waals surface area contributed by atoms with Crippen LogP contribution in [0.25, 0.3) is 0 Å². The number of benzene rings is 1. The summed E-state index contributed by atoms with van der Waals surface area (Å²) in [7, 11) is 0. The van der Waals surface area contributed by atoms with E-state index < -0.39 is 0 Å². The van der Waals surface area contributed by atoms with Crippen molar-refractivity contribution in [3.8, 4) is 5.75 Å². The first kappa shape index (κ1) is 15.4. The summed E-state index contributed by atoms with van der Waals surface area (Å²) in [5.41, 5.74) is 3.09. The van der Waals surface area contributed by atoms with Gasteiger partial charge >= 0.3 is 0 Å². The fourth-order valence-corrected chi connectivity index (χ4v) is 2.10. The van der Waals surface area contributed by atoms with E-state index in [1.807, 2.05) is 0 Å². The third-order valence-corrected chi connectivity index (χ3v) is 3.32. The smallest absolute Gasteiger partial charge is 0.286 e. The van der Waals surface area contributed by atoms with Gasteiger partial charge in [0.1, 0.15) is 11.6 Å². The summed E-state index contributed by atoms with van der Waals surface area (Å²) in [6.07, 6.45) is 1.65. The summed E-state index contributed by atoms with van der Waals surface area (Å²) < 4.78 is 25.0. The second-order valence-electron chi connectivity index (χ2n) is 5.01. The number of halogens is 1. The van der Waals surface area contributed by atoms with Crippen LogP contribution in [0.1, 0.15) is 10.5 Å². The van der Waals surface area contributed by atoms with Gasteiger partial charge in [-0.3, -0.25) is 10.2 Å². The van der Waals surface area contributed by atoms with E-state index in [1.54, 1.807) is 17.3 Å². The van der Waals surface area contributed by atoms with Crippen molar-refractivity contribution in [2.45, 2.75) is 6.73 Å². The number of amides is 1. The van der Waals surface area contributed by atoms with Crippen molar-refractivity contribution in [1.82, 2.24) is 20.2 Å². The first-order valence-corrected chi connectivity index (χ1v) is 7.26. The molecule has 0 atom stereocenters. The Bertz CT molecular complexity index is 653. The van der Waals surface area contributed by atoms with Gasteiger partial charge in [0.05, 0.1) is 13.2 Å². The molecule has 0 aliphatic carbocycles. The zero-order chi connectivity index (χ0) is 16.1. The zero-order valence-corrected chi connectivity index (χ0v) is 12.4. The predicted molar refractivity (Wildman–Crippen MR) is 79.1 cm³/mol. The molecule has 1 fully saturated rings. The highest BCUT2D eigenvalue weighted by molar-refractivity contribution is 5.91. The number of aromatic nitrogens is 2. The van der Waals surface area contributed by atoms with E-state index in [9.17, 15) is 9.18 Å². The molecule has 2 aromatic rings. The van der Waals surface area contributed by atoms with Crippen LogP contribution >= 0.6 is 0 Å². The maximum atomic E-state index is 12.8. The molecule has 1 aromatic heterocycles. The van der Waals surface area contributed by atoms with Crippen LogP contribution < -0.4 is 10.2 Å². The van der Waals surface area contributed by atoms with Gasteiger partial charge in [0, 0.05) is 19.3 Å². The Balaban J connectivity index is 1.52. The molecule has 7 nitrogen and oxygen atoms in total. The Hall–Kier alpha value is -2.45. The van der Waals surface area contributed by atoms with E-state index in [-0.39, 0.29) is 18.5 Å². The molecule has 122 valence electrons. The van der Waals surface area contributed by atoms with Crippen LogP contribution in [0, 0.1) is 5.82 Å². The molecule has 1 N–H and O–H groups in total. The third-order valence-electron chi connectivity index (χ3n) is 3.32.